The van der Waals surface area contributed by atoms with Gasteiger partial charge in [-0.1, -0.05) is 327 Å². The summed E-state index contributed by atoms with van der Waals surface area (Å²) >= 11 is 0. The van der Waals surface area contributed by atoms with Crippen molar-refractivity contribution < 1.29 is 24.5 Å². The zero-order valence-electron chi connectivity index (χ0n) is 50.1. The van der Waals surface area contributed by atoms with Crippen LogP contribution in [0, 0.1) is 0 Å². The number of hydrogen-bond acceptors (Lipinski definition) is 5. The van der Waals surface area contributed by atoms with E-state index in [0.29, 0.717) is 19.4 Å². The molecule has 2 atom stereocenters. The predicted molar refractivity (Wildman–Crippen MR) is 324 cm³/mol. The first-order valence-corrected chi connectivity index (χ1v) is 33.6. The maximum atomic E-state index is 12.5. The second-order valence-corrected chi connectivity index (χ2v) is 23.2. The Morgan fingerprint density at radius 1 is 0.365 bits per heavy atom. The Morgan fingerprint density at radius 3 is 0.973 bits per heavy atom. The molecule has 0 spiro atoms. The first kappa shape index (κ1) is 72.3. The highest BCUT2D eigenvalue weighted by Gasteiger charge is 2.18. The van der Waals surface area contributed by atoms with Crippen molar-refractivity contribution in [2.45, 2.75) is 386 Å². The minimum absolute atomic E-state index is 0.000148. The van der Waals surface area contributed by atoms with Crippen molar-refractivity contribution in [1.29, 1.82) is 0 Å². The molecule has 0 fully saturated rings. The molecule has 0 heterocycles. The molecule has 0 rings (SSSR count). The van der Waals surface area contributed by atoms with Gasteiger partial charge < -0.3 is 20.3 Å². The minimum Gasteiger partial charge on any atom is -0.466 e. The smallest absolute Gasteiger partial charge is 0.305 e. The number of esters is 1. The van der Waals surface area contributed by atoms with Crippen LogP contribution in [0.15, 0.2) is 24.3 Å². The van der Waals surface area contributed by atoms with E-state index in [-0.39, 0.29) is 18.5 Å². The van der Waals surface area contributed by atoms with Crippen molar-refractivity contribution in [2.75, 3.05) is 13.2 Å². The first-order chi connectivity index (χ1) is 36.5. The third-order valence-corrected chi connectivity index (χ3v) is 15.7. The number of ether oxygens (including phenoxy) is 1. The van der Waals surface area contributed by atoms with Gasteiger partial charge in [-0.05, 0) is 57.8 Å². The van der Waals surface area contributed by atoms with Crippen LogP contribution >= 0.6 is 0 Å². The lowest BCUT2D eigenvalue weighted by atomic mass is 10.0. The first-order valence-electron chi connectivity index (χ1n) is 33.6. The molecule has 0 aromatic heterocycles. The Hall–Kier alpha value is -1.66. The van der Waals surface area contributed by atoms with Gasteiger partial charge in [0.15, 0.2) is 0 Å². The molecule has 6 nitrogen and oxygen atoms in total. The summed E-state index contributed by atoms with van der Waals surface area (Å²) in [7, 11) is 0. The quantitative estimate of drug-likeness (QED) is 0.0320. The lowest BCUT2D eigenvalue weighted by molar-refractivity contribution is -0.143. The van der Waals surface area contributed by atoms with Crippen molar-refractivity contribution in [3.63, 3.8) is 0 Å². The number of aliphatic hydroxyl groups excluding tert-OH is 2. The summed E-state index contributed by atoms with van der Waals surface area (Å²) in [5.41, 5.74) is 0. The van der Waals surface area contributed by atoms with E-state index in [2.05, 4.69) is 31.3 Å². The number of amides is 1. The van der Waals surface area contributed by atoms with Gasteiger partial charge in [-0.2, -0.15) is 0 Å². The van der Waals surface area contributed by atoms with E-state index in [4.69, 9.17) is 4.74 Å². The lowest BCUT2D eigenvalue weighted by Crippen LogP contribution is -2.45. The number of rotatable bonds is 63. The molecule has 0 aliphatic carbocycles. The molecule has 2 unspecified atom stereocenters. The van der Waals surface area contributed by atoms with E-state index in [1.54, 1.807) is 6.08 Å². The topological polar surface area (TPSA) is 95.9 Å². The molecule has 0 aliphatic heterocycles. The molecule has 438 valence electrons. The van der Waals surface area contributed by atoms with E-state index in [9.17, 15) is 19.8 Å². The Bertz CT molecular complexity index is 1150. The maximum absolute atomic E-state index is 12.5. The highest BCUT2D eigenvalue weighted by Crippen LogP contribution is 2.18. The second kappa shape index (κ2) is 63.9. The van der Waals surface area contributed by atoms with Gasteiger partial charge in [-0.3, -0.25) is 9.59 Å². The highest BCUT2D eigenvalue weighted by atomic mass is 16.5. The van der Waals surface area contributed by atoms with Gasteiger partial charge in [0, 0.05) is 12.8 Å². The Kier molecular flexibility index (Phi) is 62.4. The SMILES string of the molecule is CCCCCC/C=C\CCCCCCCC(=O)OCCCCCCCCCCCCCCCCCCCCCC(=O)NC(CO)C(O)/C=C/CCCCCCCCCCCCCCCCCCCCCCCCC. The normalized spacial score (nSPS) is 12.6. The molecule has 3 N–H and O–H groups in total. The van der Waals surface area contributed by atoms with Crippen LogP contribution in [0.4, 0.5) is 0 Å². The minimum atomic E-state index is -0.848. The Labute approximate surface area is 462 Å². The van der Waals surface area contributed by atoms with Crippen molar-refractivity contribution in [3.8, 4) is 0 Å². The van der Waals surface area contributed by atoms with Gasteiger partial charge >= 0.3 is 5.97 Å². The number of unbranched alkanes of at least 4 members (excludes halogenated alkanes) is 50. The third-order valence-electron chi connectivity index (χ3n) is 15.7. The number of aliphatic hydroxyl groups is 2. The summed E-state index contributed by atoms with van der Waals surface area (Å²) in [5.74, 6) is -0.0669. The summed E-state index contributed by atoms with van der Waals surface area (Å²) < 4.78 is 5.47. The highest BCUT2D eigenvalue weighted by molar-refractivity contribution is 5.76. The van der Waals surface area contributed by atoms with Gasteiger partial charge in [0.25, 0.3) is 0 Å². The Morgan fingerprint density at radius 2 is 0.635 bits per heavy atom. The summed E-state index contributed by atoms with van der Waals surface area (Å²) in [5, 5.41) is 23.3. The summed E-state index contributed by atoms with van der Waals surface area (Å²) in [6.07, 6.45) is 79.5. The zero-order chi connectivity index (χ0) is 53.6. The zero-order valence-corrected chi connectivity index (χ0v) is 50.1. The van der Waals surface area contributed by atoms with E-state index in [0.717, 1.165) is 44.9 Å². The molecule has 0 aromatic carbocycles. The fourth-order valence-corrected chi connectivity index (χ4v) is 10.6. The molecule has 0 bridgehead atoms. The number of carbonyl (C=O) groups is 2. The molecule has 0 saturated carbocycles. The number of nitrogens with one attached hydrogen (secondary N) is 1. The third kappa shape index (κ3) is 59.6. The fourth-order valence-electron chi connectivity index (χ4n) is 10.6. The van der Waals surface area contributed by atoms with E-state index < -0.39 is 12.1 Å². The molecule has 0 saturated heterocycles. The van der Waals surface area contributed by atoms with Crippen molar-refractivity contribution in [2.24, 2.45) is 0 Å². The Balaban J connectivity index is 3.43. The average molecular weight is 1040 g/mol. The monoisotopic (exact) mass is 1040 g/mol. The second-order valence-electron chi connectivity index (χ2n) is 23.2. The number of hydrogen-bond donors (Lipinski definition) is 3. The summed E-state index contributed by atoms with van der Waals surface area (Å²) in [4.78, 5) is 24.6. The maximum Gasteiger partial charge on any atom is 0.305 e. The van der Waals surface area contributed by atoms with Gasteiger partial charge in [0.05, 0.1) is 25.4 Å². The molecule has 74 heavy (non-hydrogen) atoms. The van der Waals surface area contributed by atoms with Gasteiger partial charge in [-0.25, -0.2) is 0 Å². The fraction of sp³-hybridized carbons (Fsp3) is 0.912. The molecule has 0 radical (unpaired) electrons. The van der Waals surface area contributed by atoms with Gasteiger partial charge in [-0.15, -0.1) is 0 Å². The standard InChI is InChI=1S/C68H131NO5/c1-3-5-7-9-11-13-15-17-18-19-20-21-22-23-24-25-27-30-33-37-40-44-48-52-56-60-66(71)65(64-70)69-67(72)61-57-53-49-45-41-38-34-31-28-26-29-32-35-39-43-47-51-55-59-63-74-68(73)62-58-54-50-46-42-36-16-14-12-10-8-6-4-2/h14,16,56,60,65-66,70-71H,3-13,15,17-55,57-59,61-64H2,1-2H3,(H,69,72)/b16-14-,60-56+. The predicted octanol–water partition coefficient (Wildman–Crippen LogP) is 21.4. The summed E-state index contributed by atoms with van der Waals surface area (Å²) in [6, 6.07) is -0.631. The van der Waals surface area contributed by atoms with Crippen LogP contribution in [-0.2, 0) is 14.3 Å². The molecule has 0 aliphatic rings. The van der Waals surface area contributed by atoms with Crippen LogP contribution in [0.5, 0.6) is 0 Å². The molecule has 1 amide bonds. The molecule has 0 aromatic rings. The number of allylic oxidation sites excluding steroid dienone is 3. The van der Waals surface area contributed by atoms with Crippen molar-refractivity contribution >= 4 is 11.9 Å². The van der Waals surface area contributed by atoms with E-state index in [1.165, 1.54) is 302 Å². The van der Waals surface area contributed by atoms with Gasteiger partial charge in [0.2, 0.25) is 5.91 Å². The van der Waals surface area contributed by atoms with E-state index in [1.807, 2.05) is 6.08 Å². The van der Waals surface area contributed by atoms with Crippen LogP contribution in [0.1, 0.15) is 373 Å². The van der Waals surface area contributed by atoms with Crippen LogP contribution in [0.3, 0.4) is 0 Å². The van der Waals surface area contributed by atoms with Crippen molar-refractivity contribution in [1.82, 2.24) is 5.32 Å². The van der Waals surface area contributed by atoms with Crippen LogP contribution in [0.25, 0.3) is 0 Å². The van der Waals surface area contributed by atoms with Gasteiger partial charge in [0.1, 0.15) is 0 Å². The van der Waals surface area contributed by atoms with E-state index >= 15 is 0 Å². The van der Waals surface area contributed by atoms with Crippen molar-refractivity contribution in [3.05, 3.63) is 24.3 Å². The van der Waals surface area contributed by atoms with Crippen LogP contribution in [-0.4, -0.2) is 47.4 Å². The molecular weight excluding hydrogens is 911 g/mol. The van der Waals surface area contributed by atoms with Crippen LogP contribution < -0.4 is 5.32 Å². The largest absolute Gasteiger partial charge is 0.466 e. The molecule has 6 heteroatoms. The molecular formula is C68H131NO5. The van der Waals surface area contributed by atoms with Crippen LogP contribution in [0.2, 0.25) is 0 Å². The number of carbonyl (C=O) groups excluding carboxylic acids is 2. The average Bonchev–Trinajstić information content (AvgIpc) is 3.40. The lowest BCUT2D eigenvalue weighted by Gasteiger charge is -2.20. The summed E-state index contributed by atoms with van der Waals surface area (Å²) in [6.45, 7) is 4.91.